The Morgan fingerprint density at radius 3 is 2.10 bits per heavy atom. The van der Waals surface area contributed by atoms with E-state index in [0.29, 0.717) is 5.92 Å². The van der Waals surface area contributed by atoms with Crippen molar-refractivity contribution in [2.45, 2.75) is 26.7 Å². The molecule has 0 fully saturated rings. The van der Waals surface area contributed by atoms with Gasteiger partial charge in [0.1, 0.15) is 0 Å². The van der Waals surface area contributed by atoms with E-state index >= 15 is 0 Å². The van der Waals surface area contributed by atoms with Crippen molar-refractivity contribution in [1.29, 1.82) is 0 Å². The van der Waals surface area contributed by atoms with Crippen LogP contribution in [-0.4, -0.2) is 0 Å². The van der Waals surface area contributed by atoms with Crippen LogP contribution in [0.5, 0.6) is 0 Å². The van der Waals surface area contributed by atoms with Crippen molar-refractivity contribution in [3.63, 3.8) is 0 Å². The summed E-state index contributed by atoms with van der Waals surface area (Å²) in [5.74, 6) is 0.544. The lowest BCUT2D eigenvalue weighted by molar-refractivity contribution is 0.866. The Morgan fingerprint density at radius 2 is 1.57 bits per heavy atom. The van der Waals surface area contributed by atoms with Crippen LogP contribution >= 0.6 is 0 Å². The van der Waals surface area contributed by atoms with Gasteiger partial charge in [-0.1, -0.05) is 69.0 Å². The van der Waals surface area contributed by atoms with Gasteiger partial charge in [-0.2, -0.15) is 0 Å². The third-order valence-electron chi connectivity index (χ3n) is 3.85. The second kappa shape index (κ2) is 6.45. The topological polar surface area (TPSA) is 26.0 Å². The monoisotopic (exact) mass is 277 g/mol. The summed E-state index contributed by atoms with van der Waals surface area (Å²) in [6.45, 7) is 10.7. The van der Waals surface area contributed by atoms with Gasteiger partial charge in [-0.25, -0.2) is 0 Å². The summed E-state index contributed by atoms with van der Waals surface area (Å²) >= 11 is 0. The van der Waals surface area contributed by atoms with E-state index in [1.807, 2.05) is 19.1 Å². The third-order valence-corrected chi connectivity index (χ3v) is 3.85. The SMILES string of the molecule is C=C(c1ccc(C(C)C)cc1)c1ccccc1/C(C)=C\N. The summed E-state index contributed by atoms with van der Waals surface area (Å²) in [6.07, 6.45) is 1.65. The van der Waals surface area contributed by atoms with Crippen LogP contribution in [0.2, 0.25) is 0 Å². The van der Waals surface area contributed by atoms with Crippen LogP contribution in [0.3, 0.4) is 0 Å². The lowest BCUT2D eigenvalue weighted by Crippen LogP contribution is -1.95. The molecule has 0 spiro atoms. The molecule has 0 atom stereocenters. The highest BCUT2D eigenvalue weighted by atomic mass is 14.5. The zero-order chi connectivity index (χ0) is 15.4. The lowest BCUT2D eigenvalue weighted by Gasteiger charge is -2.13. The van der Waals surface area contributed by atoms with Gasteiger partial charge >= 0.3 is 0 Å². The van der Waals surface area contributed by atoms with E-state index in [1.165, 1.54) is 5.56 Å². The summed E-state index contributed by atoms with van der Waals surface area (Å²) in [5.41, 5.74) is 12.5. The molecule has 2 rings (SSSR count). The van der Waals surface area contributed by atoms with Crippen molar-refractivity contribution in [1.82, 2.24) is 0 Å². The van der Waals surface area contributed by atoms with Gasteiger partial charge in [-0.15, -0.1) is 0 Å². The van der Waals surface area contributed by atoms with Crippen LogP contribution in [0.4, 0.5) is 0 Å². The van der Waals surface area contributed by atoms with Gasteiger partial charge in [0.2, 0.25) is 0 Å². The first kappa shape index (κ1) is 15.1. The predicted molar refractivity (Wildman–Crippen MR) is 92.9 cm³/mol. The Kier molecular flexibility index (Phi) is 4.64. The summed E-state index contributed by atoms with van der Waals surface area (Å²) in [5, 5.41) is 0. The summed E-state index contributed by atoms with van der Waals surface area (Å²) in [4.78, 5) is 0. The molecule has 0 heterocycles. The zero-order valence-electron chi connectivity index (χ0n) is 13.1. The maximum absolute atomic E-state index is 5.67. The van der Waals surface area contributed by atoms with E-state index in [9.17, 15) is 0 Å². The quantitative estimate of drug-likeness (QED) is 0.817. The normalized spacial score (nSPS) is 11.7. The number of hydrogen-bond acceptors (Lipinski definition) is 1. The van der Waals surface area contributed by atoms with Gasteiger partial charge in [-0.3, -0.25) is 0 Å². The molecule has 0 unspecified atom stereocenters. The van der Waals surface area contributed by atoms with Crippen molar-refractivity contribution in [2.24, 2.45) is 5.73 Å². The summed E-state index contributed by atoms with van der Waals surface area (Å²) in [6, 6.07) is 16.9. The minimum Gasteiger partial charge on any atom is -0.404 e. The second-order valence-electron chi connectivity index (χ2n) is 5.65. The van der Waals surface area contributed by atoms with E-state index in [1.54, 1.807) is 6.20 Å². The largest absolute Gasteiger partial charge is 0.404 e. The van der Waals surface area contributed by atoms with Crippen molar-refractivity contribution in [2.75, 3.05) is 0 Å². The van der Waals surface area contributed by atoms with E-state index < -0.39 is 0 Å². The molecule has 2 aromatic carbocycles. The number of benzene rings is 2. The number of hydrogen-bond donors (Lipinski definition) is 1. The molecule has 0 amide bonds. The summed E-state index contributed by atoms with van der Waals surface area (Å²) in [7, 11) is 0. The first-order valence-corrected chi connectivity index (χ1v) is 7.32. The van der Waals surface area contributed by atoms with E-state index in [0.717, 1.165) is 27.8 Å². The highest BCUT2D eigenvalue weighted by Gasteiger charge is 2.09. The molecule has 2 N–H and O–H groups in total. The first-order valence-electron chi connectivity index (χ1n) is 7.32. The predicted octanol–water partition coefficient (Wildman–Crippen LogP) is 5.19. The van der Waals surface area contributed by atoms with Crippen LogP contribution in [0.15, 0.2) is 61.3 Å². The number of rotatable bonds is 4. The molecular weight excluding hydrogens is 254 g/mol. The molecule has 0 bridgehead atoms. The van der Waals surface area contributed by atoms with Gasteiger partial charge in [0, 0.05) is 0 Å². The molecule has 1 heteroatoms. The van der Waals surface area contributed by atoms with Gasteiger partial charge in [0.25, 0.3) is 0 Å². The first-order chi connectivity index (χ1) is 10.0. The minimum absolute atomic E-state index is 0.544. The van der Waals surface area contributed by atoms with Crippen LogP contribution in [-0.2, 0) is 0 Å². The van der Waals surface area contributed by atoms with Crippen molar-refractivity contribution in [3.05, 3.63) is 83.6 Å². The highest BCUT2D eigenvalue weighted by molar-refractivity contribution is 5.85. The standard InChI is InChI=1S/C20H23N/c1-14(2)17-9-11-18(12-10-17)16(4)20-8-6-5-7-19(20)15(3)13-21/h5-14H,4,21H2,1-3H3/b15-13-. The van der Waals surface area contributed by atoms with Gasteiger partial charge in [-0.05, 0) is 52.4 Å². The van der Waals surface area contributed by atoms with Crippen molar-refractivity contribution < 1.29 is 0 Å². The molecule has 0 saturated heterocycles. The maximum Gasteiger partial charge on any atom is -0.00263 e. The molecule has 0 saturated carbocycles. The van der Waals surface area contributed by atoms with E-state index in [2.05, 4.69) is 56.8 Å². The fourth-order valence-corrected chi connectivity index (χ4v) is 2.40. The highest BCUT2D eigenvalue weighted by Crippen LogP contribution is 2.29. The molecule has 1 nitrogen and oxygen atoms in total. The van der Waals surface area contributed by atoms with Gasteiger partial charge < -0.3 is 5.73 Å². The second-order valence-corrected chi connectivity index (χ2v) is 5.65. The van der Waals surface area contributed by atoms with Gasteiger partial charge in [0.15, 0.2) is 0 Å². The van der Waals surface area contributed by atoms with Gasteiger partial charge in [0.05, 0.1) is 0 Å². The van der Waals surface area contributed by atoms with Crippen LogP contribution in [0.25, 0.3) is 11.1 Å². The molecule has 0 aromatic heterocycles. The zero-order valence-corrected chi connectivity index (χ0v) is 13.1. The van der Waals surface area contributed by atoms with Crippen molar-refractivity contribution in [3.8, 4) is 0 Å². The Balaban J connectivity index is 2.41. The Hall–Kier alpha value is -2.28. The van der Waals surface area contributed by atoms with E-state index in [4.69, 9.17) is 5.73 Å². The fraction of sp³-hybridized carbons (Fsp3) is 0.200. The molecule has 0 aliphatic rings. The maximum atomic E-state index is 5.67. The molecule has 0 radical (unpaired) electrons. The Bertz CT molecular complexity index is 660. The fourth-order valence-electron chi connectivity index (χ4n) is 2.40. The summed E-state index contributed by atoms with van der Waals surface area (Å²) < 4.78 is 0. The Morgan fingerprint density at radius 1 is 1.00 bits per heavy atom. The minimum atomic E-state index is 0.544. The van der Waals surface area contributed by atoms with Crippen LogP contribution < -0.4 is 5.73 Å². The average Bonchev–Trinajstić information content (AvgIpc) is 2.53. The number of nitrogens with two attached hydrogens (primary N) is 1. The molecule has 2 aromatic rings. The molecule has 21 heavy (non-hydrogen) atoms. The third kappa shape index (κ3) is 3.25. The molecule has 0 aliphatic carbocycles. The number of allylic oxidation sites excluding steroid dienone is 1. The lowest BCUT2D eigenvalue weighted by atomic mass is 9.91. The average molecular weight is 277 g/mol. The van der Waals surface area contributed by atoms with Crippen LogP contribution in [0, 0.1) is 0 Å². The molecular formula is C20H23N. The van der Waals surface area contributed by atoms with Crippen molar-refractivity contribution >= 4 is 11.1 Å². The smallest absolute Gasteiger partial charge is 0.00263 e. The molecule has 0 aliphatic heterocycles. The molecule has 108 valence electrons. The van der Waals surface area contributed by atoms with Crippen LogP contribution in [0.1, 0.15) is 48.9 Å². The van der Waals surface area contributed by atoms with E-state index in [-0.39, 0.29) is 0 Å². The Labute approximate surface area is 127 Å².